The van der Waals surface area contributed by atoms with Gasteiger partial charge in [0.15, 0.2) is 5.78 Å². The Hall–Kier alpha value is -2.39. The summed E-state index contributed by atoms with van der Waals surface area (Å²) in [5.41, 5.74) is 3.13. The Labute approximate surface area is 161 Å². The molecule has 3 heteroatoms. The van der Waals surface area contributed by atoms with Crippen LogP contribution in [0, 0.1) is 5.41 Å². The average molecular weight is 361 g/mol. The van der Waals surface area contributed by atoms with Gasteiger partial charge in [-0.2, -0.15) is 0 Å². The van der Waals surface area contributed by atoms with Gasteiger partial charge in [0.2, 0.25) is 0 Å². The Balaban J connectivity index is 1.39. The summed E-state index contributed by atoms with van der Waals surface area (Å²) in [4.78, 5) is 15.7. The molecule has 1 aliphatic carbocycles. The van der Waals surface area contributed by atoms with Crippen LogP contribution in [0.2, 0.25) is 0 Å². The van der Waals surface area contributed by atoms with E-state index in [9.17, 15) is 4.79 Å². The number of carbonyl (C=O) groups is 1. The summed E-state index contributed by atoms with van der Waals surface area (Å²) in [6.07, 6.45) is 8.32. The minimum Gasteiger partial charge on any atom is -0.497 e. The molecule has 0 radical (unpaired) electrons. The first-order valence-corrected chi connectivity index (χ1v) is 9.86. The van der Waals surface area contributed by atoms with Gasteiger partial charge in [0, 0.05) is 17.5 Å². The van der Waals surface area contributed by atoms with Gasteiger partial charge in [-0.25, -0.2) is 0 Å². The van der Waals surface area contributed by atoms with Gasteiger partial charge >= 0.3 is 0 Å². The SMILES string of the molecule is COc1ccc2c(c1)C(=O)C1(CC2)CCN(C/C=C/c2ccccc2)CC1. The summed E-state index contributed by atoms with van der Waals surface area (Å²) < 4.78 is 5.33. The molecule has 1 aliphatic heterocycles. The summed E-state index contributed by atoms with van der Waals surface area (Å²) in [6, 6.07) is 16.4. The van der Waals surface area contributed by atoms with E-state index in [0.29, 0.717) is 5.78 Å². The fourth-order valence-corrected chi connectivity index (χ4v) is 4.43. The van der Waals surface area contributed by atoms with E-state index in [2.05, 4.69) is 47.4 Å². The number of aryl methyl sites for hydroxylation is 1. The number of ether oxygens (including phenoxy) is 1. The van der Waals surface area contributed by atoms with Gasteiger partial charge in [-0.1, -0.05) is 48.6 Å². The highest BCUT2D eigenvalue weighted by Crippen LogP contribution is 2.44. The van der Waals surface area contributed by atoms with E-state index in [1.807, 2.05) is 18.2 Å². The Morgan fingerprint density at radius 1 is 1.07 bits per heavy atom. The number of fused-ring (bicyclic) bond motifs is 1. The van der Waals surface area contributed by atoms with Crippen LogP contribution in [0.5, 0.6) is 5.75 Å². The van der Waals surface area contributed by atoms with E-state index < -0.39 is 0 Å². The van der Waals surface area contributed by atoms with E-state index in [1.54, 1.807) is 7.11 Å². The summed E-state index contributed by atoms with van der Waals surface area (Å²) in [7, 11) is 1.66. The lowest BCUT2D eigenvalue weighted by Crippen LogP contribution is -2.46. The third kappa shape index (κ3) is 3.70. The molecular formula is C24H27NO2. The van der Waals surface area contributed by atoms with E-state index in [1.165, 1.54) is 11.1 Å². The zero-order valence-corrected chi connectivity index (χ0v) is 16.0. The van der Waals surface area contributed by atoms with Crippen molar-refractivity contribution in [2.75, 3.05) is 26.7 Å². The van der Waals surface area contributed by atoms with Crippen LogP contribution in [0.3, 0.4) is 0 Å². The number of piperidine rings is 1. The van der Waals surface area contributed by atoms with Crippen LogP contribution in [0.25, 0.3) is 6.08 Å². The van der Waals surface area contributed by atoms with E-state index in [0.717, 1.165) is 56.6 Å². The van der Waals surface area contributed by atoms with Crippen LogP contribution in [-0.2, 0) is 6.42 Å². The fraction of sp³-hybridized carbons (Fsp3) is 0.375. The van der Waals surface area contributed by atoms with Crippen molar-refractivity contribution in [1.82, 2.24) is 4.90 Å². The standard InChI is InChI=1S/C24H27NO2/c1-27-21-10-9-20-11-12-24(23(26)22(20)18-21)13-16-25(17-14-24)15-5-8-19-6-3-2-4-7-19/h2-10,18H,11-17H2,1H3/b8-5+. The monoisotopic (exact) mass is 361 g/mol. The topological polar surface area (TPSA) is 29.5 Å². The number of likely N-dealkylation sites (tertiary alicyclic amines) is 1. The summed E-state index contributed by atoms with van der Waals surface area (Å²) in [5.74, 6) is 1.12. The van der Waals surface area contributed by atoms with E-state index in [-0.39, 0.29) is 5.41 Å². The number of hydrogen-bond acceptors (Lipinski definition) is 3. The number of ketones is 1. The minimum atomic E-state index is -0.168. The molecular weight excluding hydrogens is 334 g/mol. The van der Waals surface area contributed by atoms with Crippen LogP contribution in [0.4, 0.5) is 0 Å². The Bertz CT molecular complexity index is 833. The number of benzene rings is 2. The van der Waals surface area contributed by atoms with Gasteiger partial charge in [0.05, 0.1) is 7.11 Å². The van der Waals surface area contributed by atoms with Crippen LogP contribution in [0.15, 0.2) is 54.6 Å². The molecule has 2 aliphatic rings. The van der Waals surface area contributed by atoms with Crippen molar-refractivity contribution in [3.8, 4) is 5.75 Å². The number of hydrogen-bond donors (Lipinski definition) is 0. The molecule has 1 saturated heterocycles. The van der Waals surface area contributed by atoms with Crippen LogP contribution < -0.4 is 4.74 Å². The van der Waals surface area contributed by atoms with Crippen LogP contribution in [0.1, 0.15) is 40.7 Å². The first kappa shape index (κ1) is 18.0. The number of methoxy groups -OCH3 is 1. The summed E-state index contributed by atoms with van der Waals surface area (Å²) in [5, 5.41) is 0. The largest absolute Gasteiger partial charge is 0.497 e. The van der Waals surface area contributed by atoms with Gasteiger partial charge < -0.3 is 4.74 Å². The normalized spacial score (nSPS) is 19.4. The Kier molecular flexibility index (Phi) is 5.13. The second-order valence-corrected chi connectivity index (χ2v) is 7.75. The maximum Gasteiger partial charge on any atom is 0.169 e. The second kappa shape index (κ2) is 7.69. The van der Waals surface area contributed by atoms with Crippen LogP contribution >= 0.6 is 0 Å². The first-order chi connectivity index (χ1) is 13.2. The van der Waals surface area contributed by atoms with Crippen molar-refractivity contribution in [3.05, 3.63) is 71.3 Å². The molecule has 0 amide bonds. The van der Waals surface area contributed by atoms with E-state index in [4.69, 9.17) is 4.74 Å². The second-order valence-electron chi connectivity index (χ2n) is 7.75. The zero-order valence-electron chi connectivity index (χ0n) is 16.0. The molecule has 0 N–H and O–H groups in total. The molecule has 0 atom stereocenters. The summed E-state index contributed by atoms with van der Waals surface area (Å²) in [6.45, 7) is 2.93. The predicted octanol–water partition coefficient (Wildman–Crippen LogP) is 4.62. The molecule has 140 valence electrons. The number of Topliss-reactive ketones (excluding diaryl/α,β-unsaturated/α-hetero) is 1. The molecule has 0 saturated carbocycles. The third-order valence-corrected chi connectivity index (χ3v) is 6.20. The molecule has 0 aromatic heterocycles. The minimum absolute atomic E-state index is 0.168. The highest BCUT2D eigenvalue weighted by Gasteiger charge is 2.44. The van der Waals surface area contributed by atoms with Crippen molar-refractivity contribution in [2.24, 2.45) is 5.41 Å². The van der Waals surface area contributed by atoms with Crippen molar-refractivity contribution in [2.45, 2.75) is 25.7 Å². The average Bonchev–Trinajstić information content (AvgIpc) is 2.73. The lowest BCUT2D eigenvalue weighted by atomic mass is 9.65. The quantitative estimate of drug-likeness (QED) is 0.796. The molecule has 2 aromatic rings. The molecule has 27 heavy (non-hydrogen) atoms. The van der Waals surface area contributed by atoms with Crippen molar-refractivity contribution < 1.29 is 9.53 Å². The van der Waals surface area contributed by atoms with Gasteiger partial charge in [-0.15, -0.1) is 0 Å². The third-order valence-electron chi connectivity index (χ3n) is 6.20. The molecule has 0 unspecified atom stereocenters. The fourth-order valence-electron chi connectivity index (χ4n) is 4.43. The predicted molar refractivity (Wildman–Crippen MR) is 109 cm³/mol. The number of nitrogens with zero attached hydrogens (tertiary/aromatic N) is 1. The molecule has 1 fully saturated rings. The van der Waals surface area contributed by atoms with Crippen molar-refractivity contribution in [1.29, 1.82) is 0 Å². The van der Waals surface area contributed by atoms with Gasteiger partial charge in [0.1, 0.15) is 5.75 Å². The molecule has 0 bridgehead atoms. The number of rotatable bonds is 4. The molecule has 1 spiro atoms. The highest BCUT2D eigenvalue weighted by molar-refractivity contribution is 6.03. The maximum absolute atomic E-state index is 13.3. The highest BCUT2D eigenvalue weighted by atomic mass is 16.5. The van der Waals surface area contributed by atoms with Crippen LogP contribution in [-0.4, -0.2) is 37.4 Å². The molecule has 3 nitrogen and oxygen atoms in total. The lowest BCUT2D eigenvalue weighted by molar-refractivity contribution is 0.0560. The summed E-state index contributed by atoms with van der Waals surface area (Å²) >= 11 is 0. The van der Waals surface area contributed by atoms with Gasteiger partial charge in [-0.05, 0) is 62.0 Å². The Morgan fingerprint density at radius 2 is 1.85 bits per heavy atom. The van der Waals surface area contributed by atoms with Crippen molar-refractivity contribution in [3.63, 3.8) is 0 Å². The molecule has 2 aromatic carbocycles. The lowest BCUT2D eigenvalue weighted by Gasteiger charge is -2.43. The molecule has 1 heterocycles. The molecule has 4 rings (SSSR count). The van der Waals surface area contributed by atoms with E-state index >= 15 is 0 Å². The van der Waals surface area contributed by atoms with Gasteiger partial charge in [-0.3, -0.25) is 9.69 Å². The van der Waals surface area contributed by atoms with Crippen molar-refractivity contribution >= 4 is 11.9 Å². The maximum atomic E-state index is 13.3. The number of carbonyl (C=O) groups excluding carboxylic acids is 1. The smallest absolute Gasteiger partial charge is 0.169 e. The Morgan fingerprint density at radius 3 is 2.59 bits per heavy atom. The first-order valence-electron chi connectivity index (χ1n) is 9.86. The van der Waals surface area contributed by atoms with Gasteiger partial charge in [0.25, 0.3) is 0 Å². The zero-order chi connectivity index (χ0) is 18.7.